The van der Waals surface area contributed by atoms with Gasteiger partial charge in [0.1, 0.15) is 0 Å². The van der Waals surface area contributed by atoms with Crippen LogP contribution in [0.4, 0.5) is 24.5 Å². The molecule has 0 saturated heterocycles. The lowest BCUT2D eigenvalue weighted by molar-refractivity contribution is -0.385. The predicted molar refractivity (Wildman–Crippen MR) is 117 cm³/mol. The minimum absolute atomic E-state index is 0.0198. The lowest BCUT2D eigenvalue weighted by Crippen LogP contribution is -2.23. The number of pyridine rings is 1. The fraction of sp³-hybridized carbons (Fsp3) is 0.364. The summed E-state index contributed by atoms with van der Waals surface area (Å²) < 4.78 is 46.7. The van der Waals surface area contributed by atoms with Crippen molar-refractivity contribution in [2.45, 2.75) is 44.8 Å². The fourth-order valence-corrected chi connectivity index (χ4v) is 3.56. The molecule has 0 radical (unpaired) electrons. The van der Waals surface area contributed by atoms with Crippen molar-refractivity contribution >= 4 is 34.3 Å². The van der Waals surface area contributed by atoms with Crippen LogP contribution in [-0.2, 0) is 15.7 Å². The first kappa shape index (κ1) is 24.1. The van der Waals surface area contributed by atoms with Gasteiger partial charge in [0.15, 0.2) is 12.3 Å². The quantitative estimate of drug-likeness (QED) is 0.290. The minimum atomic E-state index is -4.95. The molecule has 13 heteroatoms. The van der Waals surface area contributed by atoms with E-state index in [0.29, 0.717) is 22.8 Å². The van der Waals surface area contributed by atoms with Crippen LogP contribution in [0.5, 0.6) is 0 Å². The van der Waals surface area contributed by atoms with Crippen LogP contribution in [0.1, 0.15) is 60.3 Å². The summed E-state index contributed by atoms with van der Waals surface area (Å²) in [5.41, 5.74) is -1.50. The standard InChI is InChI=1S/C22H20F3N5O5/c1-11(2)29-20-15(9-26-29)14(8-18(28-20)12-3-4-12)21(32)35-10-19(31)27-17-6-5-13(30(33)34)7-16(17)22(23,24)25/h5-9,11-12H,3-4,10H2,1-2H3,(H,27,31). The van der Waals surface area contributed by atoms with Crippen molar-refractivity contribution in [1.29, 1.82) is 0 Å². The summed E-state index contributed by atoms with van der Waals surface area (Å²) in [6.45, 7) is 2.95. The zero-order chi connectivity index (χ0) is 25.5. The van der Waals surface area contributed by atoms with Gasteiger partial charge in [-0.05, 0) is 38.8 Å². The SMILES string of the molecule is CC(C)n1ncc2c(C(=O)OCC(=O)Nc3ccc([N+](=O)[O-])cc3C(F)(F)F)cc(C3CC3)nc21. The van der Waals surface area contributed by atoms with Gasteiger partial charge in [-0.25, -0.2) is 14.5 Å². The molecule has 3 aromatic rings. The smallest absolute Gasteiger partial charge is 0.418 e. The highest BCUT2D eigenvalue weighted by molar-refractivity contribution is 6.04. The van der Waals surface area contributed by atoms with E-state index in [9.17, 15) is 32.9 Å². The van der Waals surface area contributed by atoms with E-state index in [4.69, 9.17) is 4.74 Å². The molecular formula is C22H20F3N5O5. The van der Waals surface area contributed by atoms with Gasteiger partial charge in [-0.2, -0.15) is 18.3 Å². The molecule has 1 aliphatic rings. The van der Waals surface area contributed by atoms with E-state index in [0.717, 1.165) is 25.0 Å². The van der Waals surface area contributed by atoms with Crippen molar-refractivity contribution < 1.29 is 32.4 Å². The summed E-state index contributed by atoms with van der Waals surface area (Å²) in [5.74, 6) is -1.67. The number of nitrogens with zero attached hydrogens (tertiary/aromatic N) is 4. The number of alkyl halides is 3. The first-order valence-electron chi connectivity index (χ1n) is 10.7. The molecule has 2 heterocycles. The largest absolute Gasteiger partial charge is 0.452 e. The van der Waals surface area contributed by atoms with Gasteiger partial charge >= 0.3 is 12.1 Å². The van der Waals surface area contributed by atoms with Crippen molar-refractivity contribution in [3.63, 3.8) is 0 Å². The number of anilines is 1. The molecule has 1 aromatic carbocycles. The van der Waals surface area contributed by atoms with Gasteiger partial charge in [-0.15, -0.1) is 0 Å². The van der Waals surface area contributed by atoms with Crippen LogP contribution in [0.2, 0.25) is 0 Å². The number of benzene rings is 1. The lowest BCUT2D eigenvalue weighted by atomic mass is 10.1. The van der Waals surface area contributed by atoms with Crippen LogP contribution in [0.25, 0.3) is 11.0 Å². The summed E-state index contributed by atoms with van der Waals surface area (Å²) in [5, 5.41) is 17.5. The van der Waals surface area contributed by atoms with Crippen LogP contribution in [0.3, 0.4) is 0 Å². The number of nitrogens with one attached hydrogen (secondary N) is 1. The molecule has 0 spiro atoms. The Bertz CT molecular complexity index is 1330. The molecule has 35 heavy (non-hydrogen) atoms. The van der Waals surface area contributed by atoms with Crippen LogP contribution in [0.15, 0.2) is 30.5 Å². The number of hydrogen-bond donors (Lipinski definition) is 1. The maximum Gasteiger partial charge on any atom is 0.418 e. The van der Waals surface area contributed by atoms with E-state index in [1.807, 2.05) is 19.2 Å². The van der Waals surface area contributed by atoms with Crippen molar-refractivity contribution in [3.8, 4) is 0 Å². The summed E-state index contributed by atoms with van der Waals surface area (Å²) in [6, 6.07) is 3.49. The van der Waals surface area contributed by atoms with Crippen LogP contribution >= 0.6 is 0 Å². The Morgan fingerprint density at radius 2 is 2.00 bits per heavy atom. The van der Waals surface area contributed by atoms with Crippen molar-refractivity contribution in [2.24, 2.45) is 0 Å². The maximum absolute atomic E-state index is 13.3. The average Bonchev–Trinajstić information content (AvgIpc) is 3.54. The number of aromatic nitrogens is 3. The highest BCUT2D eigenvalue weighted by Gasteiger charge is 2.36. The molecule has 1 aliphatic carbocycles. The molecule has 184 valence electrons. The second-order valence-electron chi connectivity index (χ2n) is 8.40. The monoisotopic (exact) mass is 491 g/mol. The second-order valence-corrected chi connectivity index (χ2v) is 8.40. The number of amides is 1. The molecule has 2 aromatic heterocycles. The van der Waals surface area contributed by atoms with E-state index in [-0.39, 0.29) is 17.5 Å². The fourth-order valence-electron chi connectivity index (χ4n) is 3.56. The van der Waals surface area contributed by atoms with Crippen molar-refractivity contribution in [2.75, 3.05) is 11.9 Å². The van der Waals surface area contributed by atoms with Gasteiger partial charge in [0.2, 0.25) is 0 Å². The summed E-state index contributed by atoms with van der Waals surface area (Å²) in [7, 11) is 0. The molecule has 10 nitrogen and oxygen atoms in total. The van der Waals surface area contributed by atoms with Crippen molar-refractivity contribution in [1.82, 2.24) is 14.8 Å². The zero-order valence-corrected chi connectivity index (χ0v) is 18.6. The van der Waals surface area contributed by atoms with E-state index >= 15 is 0 Å². The highest BCUT2D eigenvalue weighted by atomic mass is 19.4. The average molecular weight is 491 g/mol. The third-order valence-electron chi connectivity index (χ3n) is 5.42. The number of nitro benzene ring substituents is 1. The predicted octanol–water partition coefficient (Wildman–Crippen LogP) is 4.61. The molecular weight excluding hydrogens is 471 g/mol. The topological polar surface area (TPSA) is 129 Å². The molecule has 4 rings (SSSR count). The Morgan fingerprint density at radius 3 is 2.60 bits per heavy atom. The molecule has 1 N–H and O–H groups in total. The lowest BCUT2D eigenvalue weighted by Gasteiger charge is -2.14. The van der Waals surface area contributed by atoms with E-state index in [1.165, 1.54) is 6.20 Å². The van der Waals surface area contributed by atoms with Gasteiger partial charge < -0.3 is 10.1 Å². The minimum Gasteiger partial charge on any atom is -0.452 e. The normalized spacial score (nSPS) is 13.8. The molecule has 1 saturated carbocycles. The molecule has 0 aliphatic heterocycles. The number of fused-ring (bicyclic) bond motifs is 1. The second kappa shape index (κ2) is 8.96. The van der Waals surface area contributed by atoms with Gasteiger partial charge in [-0.3, -0.25) is 14.9 Å². The Morgan fingerprint density at radius 1 is 1.29 bits per heavy atom. The molecule has 0 atom stereocenters. The highest BCUT2D eigenvalue weighted by Crippen LogP contribution is 2.40. The number of carbonyl (C=O) groups is 2. The molecule has 0 bridgehead atoms. The summed E-state index contributed by atoms with van der Waals surface area (Å²) >= 11 is 0. The van der Waals surface area contributed by atoms with Gasteiger partial charge in [0.05, 0.1) is 33.3 Å². The Balaban J connectivity index is 1.53. The van der Waals surface area contributed by atoms with Gasteiger partial charge in [0.25, 0.3) is 11.6 Å². The Hall–Kier alpha value is -4.03. The number of ether oxygens (including phenoxy) is 1. The van der Waals surface area contributed by atoms with Crippen LogP contribution in [0, 0.1) is 10.1 Å². The van der Waals surface area contributed by atoms with Gasteiger partial charge in [0, 0.05) is 29.8 Å². The number of non-ortho nitro benzene ring substituents is 1. The van der Waals surface area contributed by atoms with E-state index in [2.05, 4.69) is 10.1 Å². The number of esters is 1. The summed E-state index contributed by atoms with van der Waals surface area (Å²) in [6.07, 6.45) is -1.62. The Labute approximate surface area is 196 Å². The van der Waals surface area contributed by atoms with E-state index in [1.54, 1.807) is 10.7 Å². The Kier molecular flexibility index (Phi) is 6.17. The number of rotatable bonds is 7. The van der Waals surface area contributed by atoms with E-state index < -0.39 is 46.5 Å². The third-order valence-corrected chi connectivity index (χ3v) is 5.42. The van der Waals surface area contributed by atoms with Gasteiger partial charge in [-0.1, -0.05) is 0 Å². The maximum atomic E-state index is 13.3. The summed E-state index contributed by atoms with van der Waals surface area (Å²) in [4.78, 5) is 39.5. The van der Waals surface area contributed by atoms with Crippen LogP contribution in [-0.4, -0.2) is 38.2 Å². The van der Waals surface area contributed by atoms with Crippen LogP contribution < -0.4 is 5.32 Å². The molecule has 1 amide bonds. The third kappa shape index (κ3) is 5.08. The number of nitro groups is 1. The first-order valence-corrected chi connectivity index (χ1v) is 10.7. The number of halogens is 3. The molecule has 1 fully saturated rings. The number of carbonyl (C=O) groups excluding carboxylic acids is 2. The first-order chi connectivity index (χ1) is 16.5. The zero-order valence-electron chi connectivity index (χ0n) is 18.6. The molecule has 0 unspecified atom stereocenters. The number of hydrogen-bond acceptors (Lipinski definition) is 7. The van der Waals surface area contributed by atoms with Crippen molar-refractivity contribution in [3.05, 3.63) is 57.4 Å².